The smallest absolute Gasteiger partial charge is 0.387 e. The number of pyridine rings is 1. The van der Waals surface area contributed by atoms with Crippen molar-refractivity contribution in [2.75, 3.05) is 6.54 Å². The van der Waals surface area contributed by atoms with Crippen LogP contribution < -0.4 is 10.1 Å². The summed E-state index contributed by atoms with van der Waals surface area (Å²) < 4.78 is 28.8. The van der Waals surface area contributed by atoms with Crippen LogP contribution >= 0.6 is 11.6 Å². The molecule has 2 aromatic rings. The predicted molar refractivity (Wildman–Crippen MR) is 83.7 cm³/mol. The van der Waals surface area contributed by atoms with Crippen LogP contribution in [0.2, 0.25) is 5.15 Å². The summed E-state index contributed by atoms with van der Waals surface area (Å²) in [6.45, 7) is -0.717. The van der Waals surface area contributed by atoms with Gasteiger partial charge in [-0.3, -0.25) is 0 Å². The average molecular weight is 343 g/mol. The molecule has 0 aliphatic heterocycles. The van der Waals surface area contributed by atoms with Gasteiger partial charge in [-0.1, -0.05) is 23.7 Å². The molecule has 0 radical (unpaired) electrons. The largest absolute Gasteiger partial charge is 0.435 e. The van der Waals surface area contributed by atoms with Crippen molar-refractivity contribution in [3.8, 4) is 5.75 Å². The fourth-order valence-electron chi connectivity index (χ4n) is 2.11. The van der Waals surface area contributed by atoms with Crippen molar-refractivity contribution in [1.29, 1.82) is 0 Å². The molecule has 0 fully saturated rings. The molecule has 2 atom stereocenters. The standard InChI is InChI=1S/C16H17ClF2N2O2/c1-10(11-5-6-20-15(17)8-11)21-9-14(22)12-3-2-4-13(7-12)23-16(18)19/h2-8,10,14,16,21-22H,9H2,1H3. The second kappa shape index (κ2) is 8.19. The highest BCUT2D eigenvalue weighted by molar-refractivity contribution is 6.29. The number of benzene rings is 1. The van der Waals surface area contributed by atoms with Crippen molar-refractivity contribution in [1.82, 2.24) is 10.3 Å². The molecule has 124 valence electrons. The minimum Gasteiger partial charge on any atom is -0.435 e. The van der Waals surface area contributed by atoms with Gasteiger partial charge in [-0.2, -0.15) is 8.78 Å². The maximum Gasteiger partial charge on any atom is 0.387 e. The number of aliphatic hydroxyl groups excluding tert-OH is 1. The Bertz CT molecular complexity index is 643. The third kappa shape index (κ3) is 5.42. The fraction of sp³-hybridized carbons (Fsp3) is 0.312. The number of rotatable bonds is 7. The van der Waals surface area contributed by atoms with Gasteiger partial charge in [0.15, 0.2) is 0 Å². The average Bonchev–Trinajstić information content (AvgIpc) is 2.52. The monoisotopic (exact) mass is 342 g/mol. The van der Waals surface area contributed by atoms with E-state index in [2.05, 4.69) is 15.0 Å². The number of aromatic nitrogens is 1. The number of halogens is 3. The zero-order valence-corrected chi connectivity index (χ0v) is 13.2. The van der Waals surface area contributed by atoms with Gasteiger partial charge in [-0.15, -0.1) is 0 Å². The number of ether oxygens (including phenoxy) is 1. The first kappa shape index (κ1) is 17.6. The zero-order chi connectivity index (χ0) is 16.8. The molecule has 0 spiro atoms. The van der Waals surface area contributed by atoms with Crippen LogP contribution in [0.3, 0.4) is 0 Å². The van der Waals surface area contributed by atoms with E-state index in [4.69, 9.17) is 11.6 Å². The molecule has 0 aliphatic carbocycles. The van der Waals surface area contributed by atoms with Gasteiger partial charge in [0, 0.05) is 18.8 Å². The van der Waals surface area contributed by atoms with E-state index in [0.717, 1.165) is 5.56 Å². The summed E-state index contributed by atoms with van der Waals surface area (Å²) in [5, 5.41) is 13.7. The van der Waals surface area contributed by atoms with Crippen LogP contribution in [0.15, 0.2) is 42.6 Å². The molecule has 7 heteroatoms. The Kier molecular flexibility index (Phi) is 6.27. The van der Waals surface area contributed by atoms with Gasteiger partial charge in [0.2, 0.25) is 0 Å². The lowest BCUT2D eigenvalue weighted by molar-refractivity contribution is -0.0499. The lowest BCUT2D eigenvalue weighted by atomic mass is 10.1. The van der Waals surface area contributed by atoms with E-state index in [-0.39, 0.29) is 18.3 Å². The molecule has 0 amide bonds. The van der Waals surface area contributed by atoms with Gasteiger partial charge in [-0.05, 0) is 42.3 Å². The molecule has 0 aliphatic rings. The Morgan fingerprint density at radius 2 is 2.04 bits per heavy atom. The van der Waals surface area contributed by atoms with Crippen LogP contribution in [-0.2, 0) is 0 Å². The van der Waals surface area contributed by atoms with Gasteiger partial charge < -0.3 is 15.2 Å². The van der Waals surface area contributed by atoms with Crippen LogP contribution in [0, 0.1) is 0 Å². The molecule has 4 nitrogen and oxygen atoms in total. The number of alkyl halides is 2. The number of aliphatic hydroxyl groups is 1. The van der Waals surface area contributed by atoms with E-state index in [1.807, 2.05) is 13.0 Å². The second-order valence-electron chi connectivity index (χ2n) is 5.01. The number of hydrogen-bond acceptors (Lipinski definition) is 4. The number of hydrogen-bond donors (Lipinski definition) is 2. The minimum atomic E-state index is -2.89. The maximum atomic E-state index is 12.2. The zero-order valence-electron chi connectivity index (χ0n) is 12.4. The molecule has 2 unspecified atom stereocenters. The molecule has 0 saturated carbocycles. The van der Waals surface area contributed by atoms with Crippen molar-refractivity contribution < 1.29 is 18.6 Å². The van der Waals surface area contributed by atoms with Gasteiger partial charge in [-0.25, -0.2) is 4.98 Å². The van der Waals surface area contributed by atoms with Crippen molar-refractivity contribution in [2.24, 2.45) is 0 Å². The molecule has 1 aromatic heterocycles. The molecule has 0 saturated heterocycles. The SMILES string of the molecule is CC(NCC(O)c1cccc(OC(F)F)c1)c1ccnc(Cl)c1. The summed E-state index contributed by atoms with van der Waals surface area (Å²) in [6, 6.07) is 9.53. The highest BCUT2D eigenvalue weighted by Gasteiger charge is 2.13. The quantitative estimate of drug-likeness (QED) is 0.753. The van der Waals surface area contributed by atoms with Crippen molar-refractivity contribution >= 4 is 11.6 Å². The Balaban J connectivity index is 1.95. The van der Waals surface area contributed by atoms with E-state index >= 15 is 0 Å². The summed E-state index contributed by atoms with van der Waals surface area (Å²) in [5.41, 5.74) is 1.43. The minimum absolute atomic E-state index is 0.0190. The Morgan fingerprint density at radius 3 is 2.74 bits per heavy atom. The molecule has 1 heterocycles. The van der Waals surface area contributed by atoms with Gasteiger partial charge in [0.05, 0.1) is 6.10 Å². The summed E-state index contributed by atoms with van der Waals surface area (Å²) in [4.78, 5) is 3.91. The maximum absolute atomic E-state index is 12.2. The number of nitrogens with zero attached hydrogens (tertiary/aromatic N) is 1. The Hall–Kier alpha value is -1.76. The summed E-state index contributed by atoms with van der Waals surface area (Å²) in [7, 11) is 0. The molecule has 0 bridgehead atoms. The van der Waals surface area contributed by atoms with Gasteiger partial charge >= 0.3 is 6.61 Å². The third-order valence-corrected chi connectivity index (χ3v) is 3.54. The van der Waals surface area contributed by atoms with Crippen LogP contribution in [0.4, 0.5) is 8.78 Å². The molecule has 23 heavy (non-hydrogen) atoms. The van der Waals surface area contributed by atoms with Crippen molar-refractivity contribution in [3.05, 3.63) is 58.9 Å². The third-order valence-electron chi connectivity index (χ3n) is 3.34. The molecule has 2 N–H and O–H groups in total. The lowest BCUT2D eigenvalue weighted by Gasteiger charge is -2.18. The van der Waals surface area contributed by atoms with Gasteiger partial charge in [0.25, 0.3) is 0 Å². The molecule has 1 aromatic carbocycles. The molecular weight excluding hydrogens is 326 g/mol. The summed E-state index contributed by atoms with van der Waals surface area (Å²) in [6.07, 6.45) is 0.758. The first-order chi connectivity index (χ1) is 11.0. The van der Waals surface area contributed by atoms with Crippen LogP contribution in [-0.4, -0.2) is 23.2 Å². The second-order valence-corrected chi connectivity index (χ2v) is 5.40. The van der Waals surface area contributed by atoms with E-state index in [1.165, 1.54) is 12.1 Å². The van der Waals surface area contributed by atoms with Crippen LogP contribution in [0.25, 0.3) is 0 Å². The lowest BCUT2D eigenvalue weighted by Crippen LogP contribution is -2.24. The highest BCUT2D eigenvalue weighted by Crippen LogP contribution is 2.21. The topological polar surface area (TPSA) is 54.4 Å². The first-order valence-electron chi connectivity index (χ1n) is 7.03. The van der Waals surface area contributed by atoms with E-state index in [9.17, 15) is 13.9 Å². The molecule has 2 rings (SSSR count). The highest BCUT2D eigenvalue weighted by atomic mass is 35.5. The molecular formula is C16H17ClF2N2O2. The Morgan fingerprint density at radius 1 is 1.26 bits per heavy atom. The number of nitrogens with one attached hydrogen (secondary N) is 1. The summed E-state index contributed by atoms with van der Waals surface area (Å²) in [5.74, 6) is 0.0190. The van der Waals surface area contributed by atoms with Crippen molar-refractivity contribution in [2.45, 2.75) is 25.7 Å². The van der Waals surface area contributed by atoms with Gasteiger partial charge in [0.1, 0.15) is 10.9 Å². The van der Waals surface area contributed by atoms with E-state index in [0.29, 0.717) is 10.7 Å². The normalized spacial score (nSPS) is 13.8. The first-order valence-corrected chi connectivity index (χ1v) is 7.41. The van der Waals surface area contributed by atoms with E-state index in [1.54, 1.807) is 24.4 Å². The van der Waals surface area contributed by atoms with E-state index < -0.39 is 12.7 Å². The fourth-order valence-corrected chi connectivity index (χ4v) is 2.29. The predicted octanol–water partition coefficient (Wildman–Crippen LogP) is 3.72. The summed E-state index contributed by atoms with van der Waals surface area (Å²) >= 11 is 5.84. The van der Waals surface area contributed by atoms with Crippen LogP contribution in [0.1, 0.15) is 30.2 Å². The van der Waals surface area contributed by atoms with Crippen molar-refractivity contribution in [3.63, 3.8) is 0 Å². The Labute approximate surface area is 138 Å². The van der Waals surface area contributed by atoms with Crippen LogP contribution in [0.5, 0.6) is 5.75 Å².